The first-order chi connectivity index (χ1) is 10.2. The van der Waals surface area contributed by atoms with E-state index in [4.69, 9.17) is 4.42 Å². The highest BCUT2D eigenvalue weighted by atomic mass is 16.3. The van der Waals surface area contributed by atoms with E-state index in [0.717, 1.165) is 37.5 Å². The van der Waals surface area contributed by atoms with Gasteiger partial charge in [-0.05, 0) is 32.5 Å². The molecule has 0 aliphatic rings. The topological polar surface area (TPSA) is 28.4 Å². The minimum absolute atomic E-state index is 0.593. The van der Waals surface area contributed by atoms with E-state index >= 15 is 0 Å². The van der Waals surface area contributed by atoms with Crippen molar-refractivity contribution < 1.29 is 4.42 Å². The van der Waals surface area contributed by atoms with Crippen LogP contribution < -0.4 is 5.32 Å². The van der Waals surface area contributed by atoms with Gasteiger partial charge in [0.05, 0.1) is 6.54 Å². The van der Waals surface area contributed by atoms with Gasteiger partial charge in [-0.2, -0.15) is 0 Å². The molecule has 0 amide bonds. The number of fused-ring (bicyclic) bond motifs is 1. The Bertz CT molecular complexity index is 561. The summed E-state index contributed by atoms with van der Waals surface area (Å²) in [5.41, 5.74) is 2.34. The van der Waals surface area contributed by atoms with Gasteiger partial charge < -0.3 is 9.73 Å². The lowest BCUT2D eigenvalue weighted by atomic mass is 10.1. The van der Waals surface area contributed by atoms with Crippen LogP contribution in [0.15, 0.2) is 28.7 Å². The molecule has 3 heteroatoms. The maximum atomic E-state index is 6.07. The maximum absolute atomic E-state index is 6.07. The summed E-state index contributed by atoms with van der Waals surface area (Å²) in [4.78, 5) is 2.52. The van der Waals surface area contributed by atoms with Crippen LogP contribution in [-0.4, -0.2) is 24.0 Å². The lowest BCUT2D eigenvalue weighted by Crippen LogP contribution is -2.32. The molecule has 1 unspecified atom stereocenters. The van der Waals surface area contributed by atoms with Crippen LogP contribution in [0.5, 0.6) is 0 Å². The summed E-state index contributed by atoms with van der Waals surface area (Å²) in [6, 6.07) is 8.97. The second kappa shape index (κ2) is 7.62. The van der Waals surface area contributed by atoms with E-state index in [1.807, 2.05) is 6.07 Å². The third-order valence-electron chi connectivity index (χ3n) is 4.30. The number of furan rings is 1. The Morgan fingerprint density at radius 2 is 1.95 bits per heavy atom. The highest BCUT2D eigenvalue weighted by Gasteiger charge is 2.18. The molecule has 1 atom stereocenters. The van der Waals surface area contributed by atoms with Gasteiger partial charge in [-0.3, -0.25) is 4.90 Å². The Morgan fingerprint density at radius 3 is 2.62 bits per heavy atom. The number of rotatable bonds is 8. The summed E-state index contributed by atoms with van der Waals surface area (Å²) >= 11 is 0. The van der Waals surface area contributed by atoms with Gasteiger partial charge in [0.1, 0.15) is 11.3 Å². The summed E-state index contributed by atoms with van der Waals surface area (Å²) in [7, 11) is 0. The largest absolute Gasteiger partial charge is 0.459 e. The van der Waals surface area contributed by atoms with E-state index in [1.54, 1.807) is 0 Å². The van der Waals surface area contributed by atoms with Crippen LogP contribution in [0.1, 0.15) is 45.4 Å². The van der Waals surface area contributed by atoms with Crippen LogP contribution in [0.3, 0.4) is 0 Å². The molecule has 0 aliphatic carbocycles. The summed E-state index contributed by atoms with van der Waals surface area (Å²) in [6.07, 6.45) is 1.17. The van der Waals surface area contributed by atoms with Gasteiger partial charge in [0.2, 0.25) is 0 Å². The van der Waals surface area contributed by atoms with Crippen molar-refractivity contribution in [2.75, 3.05) is 13.1 Å². The van der Waals surface area contributed by atoms with Crippen LogP contribution in [0.2, 0.25) is 0 Å². The van der Waals surface area contributed by atoms with Gasteiger partial charge in [0.25, 0.3) is 0 Å². The SMILES string of the molecule is CCNCc1oc2ccccc2c1CN(CC)C(C)CC. The molecular formula is C18H28N2O. The Kier molecular flexibility index (Phi) is 5.83. The molecule has 1 heterocycles. The third kappa shape index (κ3) is 3.66. The van der Waals surface area contributed by atoms with E-state index in [0.29, 0.717) is 6.04 Å². The number of benzene rings is 1. The highest BCUT2D eigenvalue weighted by molar-refractivity contribution is 5.82. The van der Waals surface area contributed by atoms with Crippen LogP contribution in [0.4, 0.5) is 0 Å². The van der Waals surface area contributed by atoms with E-state index in [2.05, 4.69) is 56.1 Å². The first-order valence-corrected chi connectivity index (χ1v) is 8.15. The van der Waals surface area contributed by atoms with Gasteiger partial charge in [0, 0.05) is 23.5 Å². The molecule has 1 aromatic carbocycles. The molecular weight excluding hydrogens is 260 g/mol. The van der Waals surface area contributed by atoms with Crippen LogP contribution in [0.25, 0.3) is 11.0 Å². The molecule has 0 spiro atoms. The zero-order valence-electron chi connectivity index (χ0n) is 13.8. The fourth-order valence-corrected chi connectivity index (χ4v) is 2.74. The first-order valence-electron chi connectivity index (χ1n) is 8.15. The van der Waals surface area contributed by atoms with Gasteiger partial charge in [-0.25, -0.2) is 0 Å². The smallest absolute Gasteiger partial charge is 0.134 e. The standard InChI is InChI=1S/C18H28N2O/c1-5-14(4)20(7-3)13-16-15-10-8-9-11-17(15)21-18(16)12-19-6-2/h8-11,14,19H,5-7,12-13H2,1-4H3. The van der Waals surface area contributed by atoms with Crippen molar-refractivity contribution in [3.05, 3.63) is 35.6 Å². The molecule has 116 valence electrons. The van der Waals surface area contributed by atoms with Crippen molar-refractivity contribution in [2.45, 2.75) is 53.2 Å². The number of nitrogens with one attached hydrogen (secondary N) is 1. The average Bonchev–Trinajstić information content (AvgIpc) is 2.87. The van der Waals surface area contributed by atoms with Crippen molar-refractivity contribution in [1.82, 2.24) is 10.2 Å². The summed E-state index contributed by atoms with van der Waals surface area (Å²) in [5, 5.41) is 4.64. The van der Waals surface area contributed by atoms with Crippen molar-refractivity contribution in [3.63, 3.8) is 0 Å². The van der Waals surface area contributed by atoms with Crippen molar-refractivity contribution in [3.8, 4) is 0 Å². The fraction of sp³-hybridized carbons (Fsp3) is 0.556. The predicted molar refractivity (Wildman–Crippen MR) is 89.4 cm³/mol. The monoisotopic (exact) mass is 288 g/mol. The van der Waals surface area contributed by atoms with E-state index in [1.165, 1.54) is 17.4 Å². The number of nitrogens with zero attached hydrogens (tertiary/aromatic N) is 1. The van der Waals surface area contributed by atoms with Crippen LogP contribution in [-0.2, 0) is 13.1 Å². The van der Waals surface area contributed by atoms with Gasteiger partial charge in [0.15, 0.2) is 0 Å². The number of hydrogen-bond acceptors (Lipinski definition) is 3. The molecule has 0 bridgehead atoms. The molecule has 1 aromatic heterocycles. The summed E-state index contributed by atoms with van der Waals surface area (Å²) in [6.45, 7) is 12.7. The summed E-state index contributed by atoms with van der Waals surface area (Å²) in [5.74, 6) is 1.08. The molecule has 0 saturated heterocycles. The maximum Gasteiger partial charge on any atom is 0.134 e. The van der Waals surface area contributed by atoms with Crippen LogP contribution in [0, 0.1) is 0 Å². The number of hydrogen-bond donors (Lipinski definition) is 1. The Morgan fingerprint density at radius 1 is 1.19 bits per heavy atom. The van der Waals surface area contributed by atoms with Gasteiger partial charge in [-0.1, -0.05) is 39.0 Å². The molecule has 21 heavy (non-hydrogen) atoms. The lowest BCUT2D eigenvalue weighted by Gasteiger charge is -2.27. The van der Waals surface area contributed by atoms with Crippen molar-refractivity contribution >= 4 is 11.0 Å². The summed E-state index contributed by atoms with van der Waals surface area (Å²) < 4.78 is 6.07. The van der Waals surface area contributed by atoms with Crippen molar-refractivity contribution in [1.29, 1.82) is 0 Å². The molecule has 2 rings (SSSR count). The molecule has 2 aromatic rings. The molecule has 0 aliphatic heterocycles. The molecule has 1 N–H and O–H groups in total. The second-order valence-corrected chi connectivity index (χ2v) is 5.60. The zero-order chi connectivity index (χ0) is 15.2. The van der Waals surface area contributed by atoms with Gasteiger partial charge >= 0.3 is 0 Å². The average molecular weight is 288 g/mol. The normalized spacial score (nSPS) is 13.2. The fourth-order valence-electron chi connectivity index (χ4n) is 2.74. The minimum Gasteiger partial charge on any atom is -0.459 e. The molecule has 0 saturated carbocycles. The third-order valence-corrected chi connectivity index (χ3v) is 4.30. The zero-order valence-corrected chi connectivity index (χ0v) is 13.8. The quantitative estimate of drug-likeness (QED) is 0.790. The predicted octanol–water partition coefficient (Wildman–Crippen LogP) is 4.16. The van der Waals surface area contributed by atoms with Crippen molar-refractivity contribution in [2.24, 2.45) is 0 Å². The Hall–Kier alpha value is -1.32. The minimum atomic E-state index is 0.593. The van der Waals surface area contributed by atoms with Gasteiger partial charge in [-0.15, -0.1) is 0 Å². The second-order valence-electron chi connectivity index (χ2n) is 5.60. The first kappa shape index (κ1) is 16.1. The lowest BCUT2D eigenvalue weighted by molar-refractivity contribution is 0.205. The highest BCUT2D eigenvalue weighted by Crippen LogP contribution is 2.27. The van der Waals surface area contributed by atoms with E-state index < -0.39 is 0 Å². The Labute approximate surface area is 128 Å². The van der Waals surface area contributed by atoms with E-state index in [-0.39, 0.29) is 0 Å². The van der Waals surface area contributed by atoms with Crippen LogP contribution >= 0.6 is 0 Å². The molecule has 0 fully saturated rings. The number of para-hydroxylation sites is 1. The Balaban J connectivity index is 2.34. The van der Waals surface area contributed by atoms with E-state index in [9.17, 15) is 0 Å². The molecule has 3 nitrogen and oxygen atoms in total. The molecule has 0 radical (unpaired) electrons.